The Hall–Kier alpha value is -4.03. The monoisotopic (exact) mass is 482 g/mol. The van der Waals surface area contributed by atoms with Crippen LogP contribution in [0.25, 0.3) is 33.4 Å². The van der Waals surface area contributed by atoms with Gasteiger partial charge in [-0.25, -0.2) is 14.4 Å². The number of ether oxygens (including phenoxy) is 1. The lowest BCUT2D eigenvalue weighted by molar-refractivity contribution is 0.419. The van der Waals surface area contributed by atoms with Crippen LogP contribution in [-0.4, -0.2) is 28.6 Å². The summed E-state index contributed by atoms with van der Waals surface area (Å²) in [4.78, 5) is 16.4. The Morgan fingerprint density at radius 2 is 1.80 bits per heavy atom. The molecule has 0 radical (unpaired) electrons. The molecule has 0 bridgehead atoms. The second-order valence-electron chi connectivity index (χ2n) is 8.37. The molecular weight excluding hydrogens is 463 g/mol. The fourth-order valence-electron chi connectivity index (χ4n) is 4.57. The van der Waals surface area contributed by atoms with Gasteiger partial charge in [0, 0.05) is 40.6 Å². The number of pyridine rings is 1. The van der Waals surface area contributed by atoms with Crippen LogP contribution < -0.4 is 9.64 Å². The maximum Gasteiger partial charge on any atom is 0.163 e. The molecule has 1 aliphatic heterocycles. The van der Waals surface area contributed by atoms with E-state index in [1.54, 1.807) is 31.6 Å². The van der Waals surface area contributed by atoms with E-state index in [2.05, 4.69) is 9.88 Å². The summed E-state index contributed by atoms with van der Waals surface area (Å²) in [7, 11) is 1.63. The minimum absolute atomic E-state index is 0.279. The van der Waals surface area contributed by atoms with Crippen molar-refractivity contribution in [3.05, 3.63) is 95.5 Å². The second kappa shape index (κ2) is 8.64. The molecule has 0 amide bonds. The summed E-state index contributed by atoms with van der Waals surface area (Å²) in [6, 6.07) is 20.1. The predicted molar refractivity (Wildman–Crippen MR) is 137 cm³/mol. The van der Waals surface area contributed by atoms with Gasteiger partial charge in [-0.15, -0.1) is 0 Å². The van der Waals surface area contributed by atoms with Crippen LogP contribution in [0.5, 0.6) is 5.75 Å². The zero-order chi connectivity index (χ0) is 23.9. The third-order valence-electron chi connectivity index (χ3n) is 6.26. The molecule has 2 aromatic heterocycles. The van der Waals surface area contributed by atoms with Crippen molar-refractivity contribution in [1.82, 2.24) is 15.0 Å². The Balaban J connectivity index is 1.63. The zero-order valence-corrected chi connectivity index (χ0v) is 19.6. The average molecular weight is 483 g/mol. The van der Waals surface area contributed by atoms with Crippen LogP contribution >= 0.6 is 11.6 Å². The van der Waals surface area contributed by atoms with Crippen molar-refractivity contribution in [1.29, 1.82) is 0 Å². The molecule has 0 saturated carbocycles. The molecule has 6 rings (SSSR count). The first kappa shape index (κ1) is 21.5. The van der Waals surface area contributed by atoms with Crippen molar-refractivity contribution < 1.29 is 9.13 Å². The Morgan fingerprint density at radius 1 is 0.943 bits per heavy atom. The van der Waals surface area contributed by atoms with Crippen LogP contribution in [0.1, 0.15) is 5.56 Å². The quantitative estimate of drug-likeness (QED) is 0.280. The standard InChI is InChI=1S/C28H20ClFN4O/c1-35-25-15-20(17-4-7-22(30)8-5-17)14-23-26(25)32-27(19-3-2-11-31-16-19)33-28(23)34-12-10-18-13-21(29)6-9-24(18)34/h2-9,11,13-16H,10,12H2,1H3. The number of benzene rings is 3. The minimum atomic E-state index is -0.279. The molecule has 0 unspecified atom stereocenters. The number of hydrogen-bond donors (Lipinski definition) is 0. The van der Waals surface area contributed by atoms with Gasteiger partial charge in [0.05, 0.1) is 7.11 Å². The van der Waals surface area contributed by atoms with Gasteiger partial charge in [-0.3, -0.25) is 4.98 Å². The molecule has 7 heteroatoms. The first-order chi connectivity index (χ1) is 17.1. The third kappa shape index (κ3) is 3.86. The van der Waals surface area contributed by atoms with E-state index in [1.807, 2.05) is 42.5 Å². The van der Waals surface area contributed by atoms with Crippen molar-refractivity contribution in [3.63, 3.8) is 0 Å². The van der Waals surface area contributed by atoms with Crippen molar-refractivity contribution in [2.24, 2.45) is 0 Å². The summed E-state index contributed by atoms with van der Waals surface area (Å²) >= 11 is 6.26. The maximum absolute atomic E-state index is 13.6. The lowest BCUT2D eigenvalue weighted by Crippen LogP contribution is -2.16. The fourth-order valence-corrected chi connectivity index (χ4v) is 4.76. The minimum Gasteiger partial charge on any atom is -0.494 e. The van der Waals surface area contributed by atoms with E-state index in [4.69, 9.17) is 26.3 Å². The lowest BCUT2D eigenvalue weighted by atomic mass is 10.0. The van der Waals surface area contributed by atoms with E-state index in [0.29, 0.717) is 17.1 Å². The summed E-state index contributed by atoms with van der Waals surface area (Å²) in [6.07, 6.45) is 4.34. The third-order valence-corrected chi connectivity index (χ3v) is 6.49. The summed E-state index contributed by atoms with van der Waals surface area (Å²) in [5.74, 6) is 1.68. The number of methoxy groups -OCH3 is 1. The maximum atomic E-state index is 13.6. The Bertz CT molecular complexity index is 1560. The fraction of sp³-hybridized carbons (Fsp3) is 0.107. The van der Waals surface area contributed by atoms with Gasteiger partial charge in [-0.05, 0) is 77.7 Å². The van der Waals surface area contributed by atoms with Gasteiger partial charge in [0.2, 0.25) is 0 Å². The van der Waals surface area contributed by atoms with E-state index in [0.717, 1.165) is 51.6 Å². The summed E-state index contributed by atoms with van der Waals surface area (Å²) in [6.45, 7) is 0.761. The van der Waals surface area contributed by atoms with Crippen molar-refractivity contribution in [3.8, 4) is 28.3 Å². The highest BCUT2D eigenvalue weighted by molar-refractivity contribution is 6.30. The lowest BCUT2D eigenvalue weighted by Gasteiger charge is -2.22. The van der Waals surface area contributed by atoms with E-state index in [1.165, 1.54) is 17.7 Å². The first-order valence-electron chi connectivity index (χ1n) is 11.2. The molecule has 5 aromatic rings. The van der Waals surface area contributed by atoms with Crippen LogP contribution in [-0.2, 0) is 6.42 Å². The van der Waals surface area contributed by atoms with Crippen LogP contribution in [0.4, 0.5) is 15.9 Å². The van der Waals surface area contributed by atoms with Crippen LogP contribution in [0.15, 0.2) is 79.1 Å². The van der Waals surface area contributed by atoms with Gasteiger partial charge in [0.15, 0.2) is 5.82 Å². The molecule has 0 spiro atoms. The van der Waals surface area contributed by atoms with Crippen LogP contribution in [0.3, 0.4) is 0 Å². The van der Waals surface area contributed by atoms with Crippen molar-refractivity contribution >= 4 is 34.0 Å². The van der Waals surface area contributed by atoms with Gasteiger partial charge >= 0.3 is 0 Å². The van der Waals surface area contributed by atoms with Gasteiger partial charge in [-0.1, -0.05) is 23.7 Å². The number of hydrogen-bond acceptors (Lipinski definition) is 5. The van der Waals surface area contributed by atoms with Gasteiger partial charge in [0.1, 0.15) is 22.9 Å². The molecule has 3 heterocycles. The molecule has 5 nitrogen and oxygen atoms in total. The van der Waals surface area contributed by atoms with Crippen LogP contribution in [0.2, 0.25) is 5.02 Å². The highest BCUT2D eigenvalue weighted by atomic mass is 35.5. The van der Waals surface area contributed by atoms with Crippen LogP contribution in [0, 0.1) is 5.82 Å². The number of anilines is 2. The van der Waals surface area contributed by atoms with E-state index < -0.39 is 0 Å². The smallest absolute Gasteiger partial charge is 0.163 e. The number of aromatic nitrogens is 3. The second-order valence-corrected chi connectivity index (χ2v) is 8.81. The number of fused-ring (bicyclic) bond motifs is 2. The Morgan fingerprint density at radius 3 is 2.57 bits per heavy atom. The molecule has 0 atom stereocenters. The number of halogens is 2. The normalized spacial score (nSPS) is 12.7. The van der Waals surface area contributed by atoms with Crippen molar-refractivity contribution in [2.45, 2.75) is 6.42 Å². The highest BCUT2D eigenvalue weighted by Crippen LogP contribution is 2.42. The van der Waals surface area contributed by atoms with Gasteiger partial charge in [-0.2, -0.15) is 0 Å². The Kier molecular flexibility index (Phi) is 5.30. The molecule has 0 N–H and O–H groups in total. The molecule has 35 heavy (non-hydrogen) atoms. The highest BCUT2D eigenvalue weighted by Gasteiger charge is 2.26. The topological polar surface area (TPSA) is 51.1 Å². The molecular formula is C28H20ClFN4O. The summed E-state index contributed by atoms with van der Waals surface area (Å²) in [5.41, 5.74) is 5.53. The average Bonchev–Trinajstić information content (AvgIpc) is 3.31. The largest absolute Gasteiger partial charge is 0.494 e. The molecule has 0 fully saturated rings. The Labute approximate surface area is 206 Å². The van der Waals surface area contributed by atoms with Gasteiger partial charge < -0.3 is 9.64 Å². The molecule has 0 saturated heterocycles. The molecule has 3 aromatic carbocycles. The van der Waals surface area contributed by atoms with E-state index in [-0.39, 0.29) is 5.82 Å². The molecule has 1 aliphatic rings. The number of rotatable bonds is 4. The molecule has 172 valence electrons. The molecule has 0 aliphatic carbocycles. The summed E-state index contributed by atoms with van der Waals surface area (Å²) in [5, 5.41) is 1.56. The van der Waals surface area contributed by atoms with Gasteiger partial charge in [0.25, 0.3) is 0 Å². The SMILES string of the molecule is COc1cc(-c2ccc(F)cc2)cc2c(N3CCc4cc(Cl)ccc43)nc(-c3cccnc3)nc12. The van der Waals surface area contributed by atoms with E-state index >= 15 is 0 Å². The van der Waals surface area contributed by atoms with Crippen molar-refractivity contribution in [2.75, 3.05) is 18.6 Å². The summed E-state index contributed by atoms with van der Waals surface area (Å²) < 4.78 is 19.4. The first-order valence-corrected chi connectivity index (χ1v) is 11.6. The van der Waals surface area contributed by atoms with E-state index in [9.17, 15) is 4.39 Å². The number of nitrogens with zero attached hydrogens (tertiary/aromatic N) is 4. The zero-order valence-electron chi connectivity index (χ0n) is 18.9. The predicted octanol–water partition coefficient (Wildman–Crippen LogP) is 6.85.